The zero-order valence-corrected chi connectivity index (χ0v) is 17.5. The van der Waals surface area contributed by atoms with Crippen molar-refractivity contribution in [3.63, 3.8) is 0 Å². The van der Waals surface area contributed by atoms with E-state index in [-0.39, 0.29) is 12.0 Å². The average Bonchev–Trinajstić information content (AvgIpc) is 2.75. The van der Waals surface area contributed by atoms with E-state index < -0.39 is 5.91 Å². The van der Waals surface area contributed by atoms with Gasteiger partial charge in [0.25, 0.3) is 11.5 Å². The Morgan fingerprint density at radius 2 is 2.26 bits per heavy atom. The topological polar surface area (TPSA) is 101 Å². The Morgan fingerprint density at radius 3 is 3.06 bits per heavy atom. The molecule has 1 fully saturated rings. The van der Waals surface area contributed by atoms with Crippen molar-refractivity contribution in [1.29, 1.82) is 5.26 Å². The van der Waals surface area contributed by atoms with Crippen molar-refractivity contribution >= 4 is 12.1 Å². The molecule has 2 aromatic rings. The van der Waals surface area contributed by atoms with Crippen LogP contribution in [0.15, 0.2) is 46.3 Å². The predicted octanol–water partition coefficient (Wildman–Crippen LogP) is 0.423. The monoisotopic (exact) mass is 420 g/mol. The van der Waals surface area contributed by atoms with E-state index in [9.17, 15) is 9.59 Å². The van der Waals surface area contributed by atoms with Gasteiger partial charge in [-0.3, -0.25) is 9.59 Å². The van der Waals surface area contributed by atoms with Gasteiger partial charge in [0.2, 0.25) is 0 Å². The number of likely N-dealkylation sites (tertiary alicyclic amines) is 1. The molecule has 4 rings (SSSR count). The molecule has 3 heterocycles. The Morgan fingerprint density at radius 1 is 1.39 bits per heavy atom. The second-order valence-corrected chi connectivity index (χ2v) is 8.23. The summed E-state index contributed by atoms with van der Waals surface area (Å²) in [6.07, 6.45) is 2.49. The molecule has 1 saturated heterocycles. The van der Waals surface area contributed by atoms with Gasteiger partial charge >= 0.3 is 0 Å². The van der Waals surface area contributed by atoms with E-state index in [1.165, 1.54) is 4.90 Å². The van der Waals surface area contributed by atoms with Crippen LogP contribution in [0, 0.1) is 17.2 Å². The van der Waals surface area contributed by atoms with Crippen molar-refractivity contribution in [3.8, 4) is 11.8 Å². The van der Waals surface area contributed by atoms with Crippen LogP contribution in [-0.4, -0.2) is 36.9 Å². The molecule has 0 radical (unpaired) electrons. The van der Waals surface area contributed by atoms with Gasteiger partial charge in [0.1, 0.15) is 18.7 Å². The molecule has 0 aliphatic carbocycles. The Balaban J connectivity index is 1.49. The van der Waals surface area contributed by atoms with E-state index in [1.54, 1.807) is 25.5 Å². The molecule has 2 aliphatic rings. The Kier molecular flexibility index (Phi) is 6.14. The van der Waals surface area contributed by atoms with E-state index >= 15 is 0 Å². The van der Waals surface area contributed by atoms with E-state index in [4.69, 9.17) is 10.00 Å². The average molecular weight is 420 g/mol. The first-order valence-electron chi connectivity index (χ1n) is 10.5. The molecule has 2 aliphatic heterocycles. The molecule has 2 N–H and O–H groups in total. The number of rotatable bonds is 6. The van der Waals surface area contributed by atoms with Crippen molar-refractivity contribution in [2.75, 3.05) is 20.2 Å². The summed E-state index contributed by atoms with van der Waals surface area (Å²) in [5.74, 6) is 1.27. The summed E-state index contributed by atoms with van der Waals surface area (Å²) in [6.45, 7) is 3.60. The Bertz CT molecular complexity index is 1100. The SMILES string of the molecule is COc1ccc(C=NNC(=O)CC#N)cc1C[NH+]1CC2CC(C1)c1cccc(=O)n1C2. The maximum absolute atomic E-state index is 12.2. The number of carbonyl (C=O) groups is 1. The number of piperidine rings is 1. The number of nitrogens with one attached hydrogen (secondary N) is 2. The number of aromatic nitrogens is 1. The number of pyridine rings is 1. The van der Waals surface area contributed by atoms with Crippen molar-refractivity contribution < 1.29 is 14.4 Å². The lowest BCUT2D eigenvalue weighted by molar-refractivity contribution is -0.924. The minimum absolute atomic E-state index is 0.103. The fraction of sp³-hybridized carbons (Fsp3) is 0.391. The molecule has 160 valence electrons. The van der Waals surface area contributed by atoms with Crippen LogP contribution >= 0.6 is 0 Å². The van der Waals surface area contributed by atoms with E-state index in [0.717, 1.165) is 55.2 Å². The summed E-state index contributed by atoms with van der Waals surface area (Å²) in [7, 11) is 1.66. The summed E-state index contributed by atoms with van der Waals surface area (Å²) >= 11 is 0. The van der Waals surface area contributed by atoms with Crippen LogP contribution < -0.4 is 20.6 Å². The first kappa shape index (κ1) is 20.8. The van der Waals surface area contributed by atoms with Gasteiger partial charge in [-0.25, -0.2) is 5.43 Å². The normalized spacial score (nSPS) is 21.9. The molecule has 1 aromatic heterocycles. The molecule has 1 aromatic carbocycles. The number of nitriles is 1. The van der Waals surface area contributed by atoms with Gasteiger partial charge in [-0.2, -0.15) is 10.4 Å². The summed E-state index contributed by atoms with van der Waals surface area (Å²) in [6, 6.07) is 13.2. The molecule has 3 unspecified atom stereocenters. The van der Waals surface area contributed by atoms with Crippen LogP contribution in [0.25, 0.3) is 0 Å². The second kappa shape index (κ2) is 9.14. The minimum atomic E-state index is -0.434. The largest absolute Gasteiger partial charge is 0.496 e. The minimum Gasteiger partial charge on any atom is -0.496 e. The quantitative estimate of drug-likeness (QED) is 0.523. The Hall–Kier alpha value is -3.44. The van der Waals surface area contributed by atoms with Gasteiger partial charge in [-0.1, -0.05) is 6.07 Å². The summed E-state index contributed by atoms with van der Waals surface area (Å²) in [5.41, 5.74) is 5.53. The second-order valence-electron chi connectivity index (χ2n) is 8.23. The number of carbonyl (C=O) groups excluding carboxylic acids is 1. The van der Waals surface area contributed by atoms with E-state index in [1.807, 2.05) is 28.8 Å². The van der Waals surface area contributed by atoms with Crippen molar-refractivity contribution in [2.45, 2.75) is 31.8 Å². The van der Waals surface area contributed by atoms with Crippen LogP contribution in [0.4, 0.5) is 0 Å². The number of hydrogen-bond donors (Lipinski definition) is 2. The van der Waals surface area contributed by atoms with Gasteiger partial charge < -0.3 is 14.2 Å². The standard InChI is InChI=1S/C23H25N5O3/c1-31-21-6-5-16(11-25-26-22(29)7-8-24)9-19(21)15-27-12-17-10-18(14-27)20-3-2-4-23(30)28(20)13-17/h2-6,9,11,17-18H,7,10,12-15H2,1H3,(H,26,29)/p+1. The van der Waals surface area contributed by atoms with E-state index in [2.05, 4.69) is 16.6 Å². The number of quaternary nitrogens is 1. The molecule has 2 bridgehead atoms. The number of ether oxygens (including phenoxy) is 1. The molecular weight excluding hydrogens is 394 g/mol. The number of amides is 1. The van der Waals surface area contributed by atoms with Gasteiger partial charge in [-0.05, 0) is 36.2 Å². The number of hydrogen-bond acceptors (Lipinski definition) is 5. The number of benzene rings is 1. The highest BCUT2D eigenvalue weighted by molar-refractivity contribution is 5.83. The van der Waals surface area contributed by atoms with Gasteiger partial charge in [0.15, 0.2) is 0 Å². The fourth-order valence-corrected chi connectivity index (χ4v) is 4.84. The maximum atomic E-state index is 12.2. The summed E-state index contributed by atoms with van der Waals surface area (Å²) in [4.78, 5) is 25.1. The number of nitrogens with zero attached hydrogens (tertiary/aromatic N) is 3. The lowest BCUT2D eigenvalue weighted by atomic mass is 9.83. The third-order valence-corrected chi connectivity index (χ3v) is 6.06. The highest BCUT2D eigenvalue weighted by atomic mass is 16.5. The molecule has 1 amide bonds. The van der Waals surface area contributed by atoms with Gasteiger partial charge in [0.05, 0.1) is 32.5 Å². The van der Waals surface area contributed by atoms with E-state index in [0.29, 0.717) is 11.8 Å². The zero-order chi connectivity index (χ0) is 21.8. The van der Waals surface area contributed by atoms with Crippen LogP contribution in [-0.2, 0) is 17.9 Å². The lowest BCUT2D eigenvalue weighted by Gasteiger charge is -2.40. The number of hydrazone groups is 1. The van der Waals surface area contributed by atoms with Crippen LogP contribution in [0.3, 0.4) is 0 Å². The highest BCUT2D eigenvalue weighted by Crippen LogP contribution is 2.30. The smallest absolute Gasteiger partial charge is 0.254 e. The summed E-state index contributed by atoms with van der Waals surface area (Å²) in [5, 5.41) is 12.5. The number of methoxy groups -OCH3 is 1. The first-order valence-corrected chi connectivity index (χ1v) is 10.5. The van der Waals surface area contributed by atoms with Gasteiger partial charge in [-0.15, -0.1) is 0 Å². The van der Waals surface area contributed by atoms with Crippen LogP contribution in [0.1, 0.15) is 35.6 Å². The van der Waals surface area contributed by atoms with Crippen LogP contribution in [0.2, 0.25) is 0 Å². The predicted molar refractivity (Wildman–Crippen MR) is 115 cm³/mol. The molecule has 8 nitrogen and oxygen atoms in total. The Labute approximate surface area is 180 Å². The number of fused-ring (bicyclic) bond motifs is 4. The molecule has 0 spiro atoms. The van der Waals surface area contributed by atoms with Crippen molar-refractivity contribution in [3.05, 3.63) is 63.6 Å². The maximum Gasteiger partial charge on any atom is 0.254 e. The molecule has 31 heavy (non-hydrogen) atoms. The molecule has 0 saturated carbocycles. The molecule has 8 heteroatoms. The zero-order valence-electron chi connectivity index (χ0n) is 17.5. The van der Waals surface area contributed by atoms with Crippen molar-refractivity contribution in [2.24, 2.45) is 11.0 Å². The lowest BCUT2D eigenvalue weighted by Crippen LogP contribution is -3.13. The first-order chi connectivity index (χ1) is 15.1. The van der Waals surface area contributed by atoms with Gasteiger partial charge in [0, 0.05) is 35.7 Å². The third-order valence-electron chi connectivity index (χ3n) is 6.06. The fourth-order valence-electron chi connectivity index (χ4n) is 4.84. The molecule has 3 atom stereocenters. The summed E-state index contributed by atoms with van der Waals surface area (Å²) < 4.78 is 7.53. The van der Waals surface area contributed by atoms with Crippen LogP contribution in [0.5, 0.6) is 5.75 Å². The third kappa shape index (κ3) is 4.67. The molecular formula is C23H26N5O3+. The highest BCUT2D eigenvalue weighted by Gasteiger charge is 2.37. The van der Waals surface area contributed by atoms with Crippen molar-refractivity contribution in [1.82, 2.24) is 9.99 Å².